The average Bonchev–Trinajstić information content (AvgIpc) is 2.29. The van der Waals surface area contributed by atoms with Gasteiger partial charge in [0.05, 0.1) is 5.52 Å². The molecule has 1 aromatic carbocycles. The minimum atomic E-state index is -0.226. The molecule has 0 unspecified atom stereocenters. The van der Waals surface area contributed by atoms with Crippen LogP contribution in [0.1, 0.15) is 42.3 Å². The van der Waals surface area contributed by atoms with E-state index in [-0.39, 0.29) is 22.8 Å². The van der Waals surface area contributed by atoms with Crippen molar-refractivity contribution in [2.75, 3.05) is 5.32 Å². The molecule has 0 atom stereocenters. The second kappa shape index (κ2) is 5.12. The molecule has 0 spiro atoms. The van der Waals surface area contributed by atoms with Crippen LogP contribution in [0.25, 0.3) is 10.9 Å². The minimum absolute atomic E-state index is 0.131. The average molecular weight is 272 g/mol. The molecule has 0 aliphatic heterocycles. The molecule has 4 nitrogen and oxygen atoms in total. The van der Waals surface area contributed by atoms with Gasteiger partial charge in [-0.1, -0.05) is 6.07 Å². The first-order valence-electron chi connectivity index (χ1n) is 6.76. The summed E-state index contributed by atoms with van der Waals surface area (Å²) < 4.78 is 0. The van der Waals surface area contributed by atoms with E-state index in [1.165, 1.54) is 6.92 Å². The number of aromatic amines is 1. The number of ketones is 1. The molecule has 2 rings (SSSR count). The van der Waals surface area contributed by atoms with Crippen LogP contribution >= 0.6 is 0 Å². The van der Waals surface area contributed by atoms with Crippen LogP contribution in [0, 0.1) is 13.8 Å². The third-order valence-corrected chi connectivity index (χ3v) is 3.24. The van der Waals surface area contributed by atoms with Crippen LogP contribution in [0.5, 0.6) is 0 Å². The SMILES string of the molecule is CC(=O)c1c(NC(C)C)[nH]c2c(C)cc(C)cc2c1=O. The molecular formula is C16H20N2O2. The number of aromatic nitrogens is 1. The van der Waals surface area contributed by atoms with Crippen LogP contribution < -0.4 is 10.7 Å². The number of carbonyl (C=O) groups is 1. The first kappa shape index (κ1) is 14.3. The van der Waals surface area contributed by atoms with E-state index in [0.717, 1.165) is 16.6 Å². The second-order valence-corrected chi connectivity index (χ2v) is 5.56. The van der Waals surface area contributed by atoms with Crippen LogP contribution in [0.2, 0.25) is 0 Å². The highest BCUT2D eigenvalue weighted by Gasteiger charge is 2.17. The number of H-pyrrole nitrogens is 1. The Hall–Kier alpha value is -2.10. The van der Waals surface area contributed by atoms with Crippen LogP contribution in [0.15, 0.2) is 16.9 Å². The van der Waals surface area contributed by atoms with E-state index >= 15 is 0 Å². The number of rotatable bonds is 3. The van der Waals surface area contributed by atoms with Crippen LogP contribution in [-0.2, 0) is 0 Å². The predicted octanol–water partition coefficient (Wildman–Crippen LogP) is 3.17. The van der Waals surface area contributed by atoms with Gasteiger partial charge in [-0.25, -0.2) is 0 Å². The van der Waals surface area contributed by atoms with Crippen molar-refractivity contribution in [1.29, 1.82) is 0 Å². The van der Waals surface area contributed by atoms with Gasteiger partial charge in [-0.2, -0.15) is 0 Å². The topological polar surface area (TPSA) is 62.0 Å². The third-order valence-electron chi connectivity index (χ3n) is 3.24. The largest absolute Gasteiger partial charge is 0.369 e. The summed E-state index contributed by atoms with van der Waals surface area (Å²) >= 11 is 0. The summed E-state index contributed by atoms with van der Waals surface area (Å²) in [5.41, 5.74) is 2.80. The van der Waals surface area contributed by atoms with Crippen molar-refractivity contribution >= 4 is 22.5 Å². The molecular weight excluding hydrogens is 252 g/mol. The van der Waals surface area contributed by atoms with Gasteiger partial charge in [-0.15, -0.1) is 0 Å². The fraction of sp³-hybridized carbons (Fsp3) is 0.375. The summed E-state index contributed by atoms with van der Waals surface area (Å²) in [7, 11) is 0. The zero-order chi connectivity index (χ0) is 15.0. The monoisotopic (exact) mass is 272 g/mol. The fourth-order valence-electron chi connectivity index (χ4n) is 2.48. The Morgan fingerprint density at radius 2 is 1.90 bits per heavy atom. The predicted molar refractivity (Wildman–Crippen MR) is 82.8 cm³/mol. The second-order valence-electron chi connectivity index (χ2n) is 5.56. The molecule has 0 saturated heterocycles. The molecule has 0 aliphatic rings. The summed E-state index contributed by atoms with van der Waals surface area (Å²) in [5.74, 6) is 0.285. The number of benzene rings is 1. The number of hydrogen-bond donors (Lipinski definition) is 2. The lowest BCUT2D eigenvalue weighted by atomic mass is 10.0. The van der Waals surface area contributed by atoms with Gasteiger partial charge < -0.3 is 10.3 Å². The molecule has 4 heteroatoms. The quantitative estimate of drug-likeness (QED) is 0.844. The number of Topliss-reactive ketones (excluding diaryl/α,β-unsaturated/α-hetero) is 1. The Bertz CT molecular complexity index is 742. The molecule has 0 amide bonds. The lowest BCUT2D eigenvalue weighted by Crippen LogP contribution is -2.22. The smallest absolute Gasteiger partial charge is 0.202 e. The summed E-state index contributed by atoms with van der Waals surface area (Å²) in [6.45, 7) is 9.25. The zero-order valence-electron chi connectivity index (χ0n) is 12.5. The van der Waals surface area contributed by atoms with Gasteiger partial charge in [0, 0.05) is 11.4 Å². The fourth-order valence-corrected chi connectivity index (χ4v) is 2.48. The van der Waals surface area contributed by atoms with Gasteiger partial charge in [-0.3, -0.25) is 9.59 Å². The number of carbonyl (C=O) groups excluding carboxylic acids is 1. The van der Waals surface area contributed by atoms with E-state index in [2.05, 4.69) is 10.3 Å². The van der Waals surface area contributed by atoms with E-state index in [1.807, 2.05) is 39.8 Å². The van der Waals surface area contributed by atoms with Gasteiger partial charge in [-0.05, 0) is 51.8 Å². The van der Waals surface area contributed by atoms with Crippen molar-refractivity contribution in [2.24, 2.45) is 0 Å². The molecule has 2 N–H and O–H groups in total. The third kappa shape index (κ3) is 2.46. The Balaban J connectivity index is 2.89. The van der Waals surface area contributed by atoms with Crippen molar-refractivity contribution in [1.82, 2.24) is 4.98 Å². The Morgan fingerprint density at radius 3 is 2.45 bits per heavy atom. The molecule has 0 radical (unpaired) electrons. The number of hydrogen-bond acceptors (Lipinski definition) is 3. The van der Waals surface area contributed by atoms with Crippen LogP contribution in [0.4, 0.5) is 5.82 Å². The summed E-state index contributed by atoms with van der Waals surface area (Å²) in [5, 5.41) is 3.72. The van der Waals surface area contributed by atoms with Gasteiger partial charge in [0.25, 0.3) is 0 Å². The molecule has 1 heterocycles. The van der Waals surface area contributed by atoms with E-state index in [9.17, 15) is 9.59 Å². The van der Waals surface area contributed by atoms with Crippen molar-refractivity contribution in [3.8, 4) is 0 Å². The summed E-state index contributed by atoms with van der Waals surface area (Å²) in [6, 6.07) is 3.98. The molecule has 0 fully saturated rings. The molecule has 0 saturated carbocycles. The summed E-state index contributed by atoms with van der Waals surface area (Å²) in [6.07, 6.45) is 0. The number of fused-ring (bicyclic) bond motifs is 1. The minimum Gasteiger partial charge on any atom is -0.369 e. The highest BCUT2D eigenvalue weighted by atomic mass is 16.1. The maximum Gasteiger partial charge on any atom is 0.202 e. The van der Waals surface area contributed by atoms with Crippen molar-refractivity contribution in [3.63, 3.8) is 0 Å². The first-order valence-corrected chi connectivity index (χ1v) is 6.76. The highest BCUT2D eigenvalue weighted by molar-refractivity contribution is 6.02. The maximum absolute atomic E-state index is 12.6. The highest BCUT2D eigenvalue weighted by Crippen LogP contribution is 2.21. The number of nitrogens with one attached hydrogen (secondary N) is 2. The van der Waals surface area contributed by atoms with Gasteiger partial charge in [0.15, 0.2) is 5.78 Å². The van der Waals surface area contributed by atoms with E-state index in [0.29, 0.717) is 11.2 Å². The standard InChI is InChI=1S/C16H20N2O2/c1-8(2)17-16-13(11(5)19)15(20)12-7-9(3)6-10(4)14(12)18-16/h6-8H,1-5H3,(H2,17,18,20). The molecule has 106 valence electrons. The van der Waals surface area contributed by atoms with Crippen LogP contribution in [-0.4, -0.2) is 16.8 Å². The first-order chi connectivity index (χ1) is 9.31. The maximum atomic E-state index is 12.6. The van der Waals surface area contributed by atoms with Crippen molar-refractivity contribution in [2.45, 2.75) is 40.7 Å². The molecule has 0 aliphatic carbocycles. The number of anilines is 1. The Labute approximate surface area is 118 Å². The molecule has 20 heavy (non-hydrogen) atoms. The normalized spacial score (nSPS) is 11.1. The van der Waals surface area contributed by atoms with Gasteiger partial charge >= 0.3 is 0 Å². The Kier molecular flexibility index (Phi) is 3.66. The van der Waals surface area contributed by atoms with Crippen molar-refractivity contribution in [3.05, 3.63) is 39.0 Å². The summed E-state index contributed by atoms with van der Waals surface area (Å²) in [4.78, 5) is 27.6. The van der Waals surface area contributed by atoms with Gasteiger partial charge in [0.2, 0.25) is 5.43 Å². The molecule has 0 bridgehead atoms. The Morgan fingerprint density at radius 1 is 1.25 bits per heavy atom. The number of pyridine rings is 1. The molecule has 1 aromatic heterocycles. The van der Waals surface area contributed by atoms with E-state index in [4.69, 9.17) is 0 Å². The zero-order valence-corrected chi connectivity index (χ0v) is 12.5. The lowest BCUT2D eigenvalue weighted by Gasteiger charge is -2.15. The molecule has 2 aromatic rings. The van der Waals surface area contributed by atoms with Crippen molar-refractivity contribution < 1.29 is 4.79 Å². The van der Waals surface area contributed by atoms with Crippen LogP contribution in [0.3, 0.4) is 0 Å². The van der Waals surface area contributed by atoms with E-state index < -0.39 is 0 Å². The van der Waals surface area contributed by atoms with E-state index in [1.54, 1.807) is 0 Å². The number of aryl methyl sites for hydroxylation is 2. The van der Waals surface area contributed by atoms with Gasteiger partial charge in [0.1, 0.15) is 11.4 Å². The lowest BCUT2D eigenvalue weighted by molar-refractivity contribution is 0.101.